The number of aromatic hydroxyl groups is 1. The van der Waals surface area contributed by atoms with Crippen LogP contribution in [0.4, 0.5) is 5.69 Å². The molecule has 0 saturated carbocycles. The molecular weight excluding hydrogens is 346 g/mol. The highest BCUT2D eigenvalue weighted by Gasteiger charge is 2.29. The van der Waals surface area contributed by atoms with E-state index >= 15 is 0 Å². The fourth-order valence-corrected chi connectivity index (χ4v) is 4.09. The van der Waals surface area contributed by atoms with Crippen molar-refractivity contribution < 1.29 is 9.90 Å². The zero-order chi connectivity index (χ0) is 20.3. The maximum atomic E-state index is 12.4. The molecule has 3 nitrogen and oxygen atoms in total. The van der Waals surface area contributed by atoms with Gasteiger partial charge in [-0.1, -0.05) is 44.6 Å². The number of phenolic OH excluding ortho intramolecular Hbond substituents is 1. The van der Waals surface area contributed by atoms with E-state index in [-0.39, 0.29) is 17.1 Å². The summed E-state index contributed by atoms with van der Waals surface area (Å²) in [7, 11) is 0. The van der Waals surface area contributed by atoms with Crippen molar-refractivity contribution in [2.75, 3.05) is 5.32 Å². The summed E-state index contributed by atoms with van der Waals surface area (Å²) in [6.45, 7) is 9.16. The molecule has 146 valence electrons. The van der Waals surface area contributed by atoms with Gasteiger partial charge in [0.1, 0.15) is 5.75 Å². The van der Waals surface area contributed by atoms with Gasteiger partial charge in [-0.05, 0) is 84.7 Å². The monoisotopic (exact) mass is 375 g/mol. The number of carbonyl (C=O) groups is 1. The van der Waals surface area contributed by atoms with Gasteiger partial charge in [-0.2, -0.15) is 0 Å². The molecule has 0 aromatic heterocycles. The van der Waals surface area contributed by atoms with E-state index in [0.29, 0.717) is 11.3 Å². The second kappa shape index (κ2) is 8.05. The van der Waals surface area contributed by atoms with Crippen LogP contribution in [0.25, 0.3) is 6.08 Å². The molecule has 0 unspecified atom stereocenters. The average Bonchev–Trinajstić information content (AvgIpc) is 2.66. The molecule has 0 aliphatic heterocycles. The summed E-state index contributed by atoms with van der Waals surface area (Å²) >= 11 is 0. The lowest BCUT2D eigenvalue weighted by molar-refractivity contribution is 0.102. The summed E-state index contributed by atoms with van der Waals surface area (Å²) in [6.07, 6.45) is 5.60. The standard InChI is InChI=1S/C25H29NO2/c1-5-23-17(2)20(14-15-25(23,3)4)16-18-6-8-19(9-7-18)24(28)26-21-10-12-22(27)13-11-21/h6-13,16,27H,5,14-15H2,1-4H3,(H,26,28)/b20-16+. The number of anilines is 1. The number of amides is 1. The Kier molecular flexibility index (Phi) is 5.73. The lowest BCUT2D eigenvalue weighted by Crippen LogP contribution is -2.21. The van der Waals surface area contributed by atoms with Gasteiger partial charge >= 0.3 is 0 Å². The third kappa shape index (κ3) is 4.36. The molecule has 28 heavy (non-hydrogen) atoms. The molecule has 0 saturated heterocycles. The molecule has 3 rings (SSSR count). The van der Waals surface area contributed by atoms with Gasteiger partial charge < -0.3 is 10.4 Å². The van der Waals surface area contributed by atoms with Crippen LogP contribution in [0.5, 0.6) is 5.75 Å². The van der Waals surface area contributed by atoms with Crippen LogP contribution >= 0.6 is 0 Å². The minimum atomic E-state index is -0.159. The van der Waals surface area contributed by atoms with Crippen LogP contribution in [0, 0.1) is 5.41 Å². The molecule has 2 aromatic rings. The predicted octanol–water partition coefficient (Wildman–Crippen LogP) is 6.57. The molecular formula is C25H29NO2. The number of carbonyl (C=O) groups excluding carboxylic acids is 1. The second-order valence-corrected chi connectivity index (χ2v) is 8.13. The maximum absolute atomic E-state index is 12.4. The van der Waals surface area contributed by atoms with Gasteiger partial charge in [-0.25, -0.2) is 0 Å². The highest BCUT2D eigenvalue weighted by atomic mass is 16.3. The summed E-state index contributed by atoms with van der Waals surface area (Å²) in [5, 5.41) is 12.2. The van der Waals surface area contributed by atoms with Crippen molar-refractivity contribution in [3.8, 4) is 5.75 Å². The molecule has 3 heteroatoms. The minimum Gasteiger partial charge on any atom is -0.508 e. The summed E-state index contributed by atoms with van der Waals surface area (Å²) in [6, 6.07) is 14.2. The Morgan fingerprint density at radius 2 is 1.75 bits per heavy atom. The number of phenols is 1. The van der Waals surface area contributed by atoms with Gasteiger partial charge in [-0.3, -0.25) is 4.79 Å². The number of benzene rings is 2. The highest BCUT2D eigenvalue weighted by molar-refractivity contribution is 6.04. The molecule has 0 bridgehead atoms. The summed E-state index contributed by atoms with van der Waals surface area (Å²) in [5.41, 5.74) is 7.05. The Hall–Kier alpha value is -2.81. The van der Waals surface area contributed by atoms with Gasteiger partial charge in [0.05, 0.1) is 0 Å². The molecule has 0 atom stereocenters. The Labute approximate surface area is 167 Å². The van der Waals surface area contributed by atoms with Crippen molar-refractivity contribution in [2.24, 2.45) is 5.41 Å². The number of nitrogens with one attached hydrogen (secondary N) is 1. The Morgan fingerprint density at radius 1 is 1.11 bits per heavy atom. The van der Waals surface area contributed by atoms with Crippen LogP contribution in [-0.2, 0) is 0 Å². The molecule has 2 N–H and O–H groups in total. The van der Waals surface area contributed by atoms with Crippen LogP contribution in [0.15, 0.2) is 65.3 Å². The third-order valence-corrected chi connectivity index (χ3v) is 5.76. The molecule has 1 amide bonds. The number of rotatable bonds is 4. The molecule has 0 fully saturated rings. The number of hydrogen-bond acceptors (Lipinski definition) is 2. The summed E-state index contributed by atoms with van der Waals surface area (Å²) in [4.78, 5) is 12.4. The van der Waals surface area contributed by atoms with E-state index in [1.165, 1.54) is 17.6 Å². The Balaban J connectivity index is 1.76. The van der Waals surface area contributed by atoms with Crippen molar-refractivity contribution in [1.29, 1.82) is 0 Å². The lowest BCUT2D eigenvalue weighted by Gasteiger charge is -2.35. The summed E-state index contributed by atoms with van der Waals surface area (Å²) < 4.78 is 0. The largest absolute Gasteiger partial charge is 0.508 e. The van der Waals surface area contributed by atoms with Crippen LogP contribution in [0.3, 0.4) is 0 Å². The molecule has 0 heterocycles. The smallest absolute Gasteiger partial charge is 0.255 e. The van der Waals surface area contributed by atoms with Crippen LogP contribution in [0.2, 0.25) is 0 Å². The SMILES string of the molecule is CCC1=C(C)/C(=C/c2ccc(C(=O)Nc3ccc(O)cc3)cc2)CCC1(C)C. The average molecular weight is 376 g/mol. The predicted molar refractivity (Wildman–Crippen MR) is 116 cm³/mol. The number of allylic oxidation sites excluding steroid dienone is 3. The van der Waals surface area contributed by atoms with Gasteiger partial charge in [0.15, 0.2) is 0 Å². The summed E-state index contributed by atoms with van der Waals surface area (Å²) in [5.74, 6) is 0.0192. The van der Waals surface area contributed by atoms with E-state index in [0.717, 1.165) is 18.4 Å². The van der Waals surface area contributed by atoms with E-state index in [1.54, 1.807) is 29.8 Å². The van der Waals surface area contributed by atoms with Crippen molar-refractivity contribution in [3.63, 3.8) is 0 Å². The topological polar surface area (TPSA) is 49.3 Å². The van der Waals surface area contributed by atoms with Crippen LogP contribution < -0.4 is 5.32 Å². The first kappa shape index (κ1) is 19.9. The first-order valence-corrected chi connectivity index (χ1v) is 9.92. The highest BCUT2D eigenvalue weighted by Crippen LogP contribution is 2.44. The third-order valence-electron chi connectivity index (χ3n) is 5.76. The maximum Gasteiger partial charge on any atom is 0.255 e. The minimum absolute atomic E-state index is 0.159. The van der Waals surface area contributed by atoms with Crippen molar-refractivity contribution in [1.82, 2.24) is 0 Å². The zero-order valence-electron chi connectivity index (χ0n) is 17.2. The van der Waals surface area contributed by atoms with Crippen LogP contribution in [-0.4, -0.2) is 11.0 Å². The fourth-order valence-electron chi connectivity index (χ4n) is 4.09. The molecule has 0 spiro atoms. The second-order valence-electron chi connectivity index (χ2n) is 8.13. The van der Waals surface area contributed by atoms with E-state index in [9.17, 15) is 9.90 Å². The first-order chi connectivity index (χ1) is 13.3. The lowest BCUT2D eigenvalue weighted by atomic mass is 9.70. The first-order valence-electron chi connectivity index (χ1n) is 9.92. The molecule has 1 aliphatic rings. The van der Waals surface area contributed by atoms with Crippen molar-refractivity contribution in [3.05, 3.63) is 76.4 Å². The Bertz CT molecular complexity index is 916. The Morgan fingerprint density at radius 3 is 2.36 bits per heavy atom. The van der Waals surface area contributed by atoms with Gasteiger partial charge in [0, 0.05) is 11.3 Å². The van der Waals surface area contributed by atoms with Crippen LogP contribution in [0.1, 0.15) is 62.9 Å². The molecule has 2 aromatic carbocycles. The normalized spacial score (nSPS) is 17.6. The van der Waals surface area contributed by atoms with E-state index in [4.69, 9.17) is 0 Å². The van der Waals surface area contributed by atoms with E-state index in [2.05, 4.69) is 39.1 Å². The zero-order valence-corrected chi connectivity index (χ0v) is 17.2. The van der Waals surface area contributed by atoms with Crippen molar-refractivity contribution >= 4 is 17.7 Å². The number of hydrogen-bond donors (Lipinski definition) is 2. The van der Waals surface area contributed by atoms with E-state index in [1.807, 2.05) is 24.3 Å². The van der Waals surface area contributed by atoms with Crippen molar-refractivity contribution in [2.45, 2.75) is 47.0 Å². The fraction of sp³-hybridized carbons (Fsp3) is 0.320. The molecule has 1 aliphatic carbocycles. The quantitative estimate of drug-likeness (QED) is 0.593. The molecule has 0 radical (unpaired) electrons. The van der Waals surface area contributed by atoms with Gasteiger partial charge in [-0.15, -0.1) is 0 Å². The van der Waals surface area contributed by atoms with Gasteiger partial charge in [0.25, 0.3) is 5.91 Å². The van der Waals surface area contributed by atoms with Gasteiger partial charge in [0.2, 0.25) is 0 Å². The van der Waals surface area contributed by atoms with E-state index < -0.39 is 0 Å².